The van der Waals surface area contributed by atoms with Crippen LogP contribution >= 0.6 is 0 Å². The summed E-state index contributed by atoms with van der Waals surface area (Å²) >= 11 is 0. The van der Waals surface area contributed by atoms with E-state index in [1.54, 1.807) is 14.1 Å². The third-order valence-corrected chi connectivity index (χ3v) is 1.65. The fourth-order valence-electron chi connectivity index (χ4n) is 0.625. The van der Waals surface area contributed by atoms with Gasteiger partial charge in [0.05, 0.1) is 0 Å². The lowest BCUT2D eigenvalue weighted by molar-refractivity contribution is -0.139. The predicted octanol–water partition coefficient (Wildman–Crippen LogP) is -1.98. The maximum Gasteiger partial charge on any atom is 0.320 e. The molecule has 9 N–H and O–H groups in total. The summed E-state index contributed by atoms with van der Waals surface area (Å²) in [6.07, 6.45) is -0.224. The maximum absolute atomic E-state index is 9.99. The second-order valence-electron chi connectivity index (χ2n) is 3.63. The number of nitrogens with zero attached hydrogens (tertiary/aromatic N) is 2. The van der Waals surface area contributed by atoms with E-state index in [0.29, 0.717) is 0 Å². The first-order valence-corrected chi connectivity index (χ1v) is 5.13. The molecule has 10 heteroatoms. The molecule has 10 nitrogen and oxygen atoms in total. The first kappa shape index (κ1) is 19.0. The van der Waals surface area contributed by atoms with Gasteiger partial charge in [-0.2, -0.15) is 4.99 Å². The van der Waals surface area contributed by atoms with Gasteiger partial charge in [0, 0.05) is 20.5 Å². The molecule has 110 valence electrons. The van der Waals surface area contributed by atoms with Crippen molar-refractivity contribution in [2.24, 2.45) is 22.2 Å². The van der Waals surface area contributed by atoms with Gasteiger partial charge in [-0.25, -0.2) is 0 Å². The van der Waals surface area contributed by atoms with Crippen molar-refractivity contribution < 1.29 is 19.8 Å². The van der Waals surface area contributed by atoms with E-state index in [1.165, 1.54) is 4.90 Å². The third kappa shape index (κ3) is 13.6. The average molecular weight is 276 g/mol. The average Bonchev–Trinajstić information content (AvgIpc) is 2.25. The van der Waals surface area contributed by atoms with Crippen molar-refractivity contribution in [2.75, 3.05) is 14.1 Å². The van der Waals surface area contributed by atoms with Crippen LogP contribution < -0.4 is 17.2 Å². The number of carboxylic acid groups (broad SMARTS) is 2. The van der Waals surface area contributed by atoms with Crippen LogP contribution in [0.15, 0.2) is 4.99 Å². The largest absolute Gasteiger partial charge is 0.481 e. The molecular weight excluding hydrogens is 256 g/mol. The molecule has 0 aliphatic carbocycles. The van der Waals surface area contributed by atoms with Gasteiger partial charge in [-0.15, -0.1) is 0 Å². The maximum atomic E-state index is 9.99. The van der Waals surface area contributed by atoms with Crippen LogP contribution in [0.2, 0.25) is 0 Å². The minimum atomic E-state index is -1.17. The summed E-state index contributed by atoms with van der Waals surface area (Å²) in [4.78, 5) is 24.8. The second kappa shape index (κ2) is 9.65. The highest BCUT2D eigenvalue weighted by atomic mass is 16.4. The molecule has 0 rings (SSSR count). The van der Waals surface area contributed by atoms with E-state index in [0.717, 1.165) is 0 Å². The first-order valence-electron chi connectivity index (χ1n) is 5.13. The van der Waals surface area contributed by atoms with E-state index in [-0.39, 0.29) is 24.8 Å². The Balaban J connectivity index is 0. The number of hydrogen-bond acceptors (Lipinski definition) is 4. The third-order valence-electron chi connectivity index (χ3n) is 1.65. The molecule has 1 atom stereocenters. The van der Waals surface area contributed by atoms with Crippen LogP contribution in [0.25, 0.3) is 0 Å². The molecular formula is C9H20N6O4. The van der Waals surface area contributed by atoms with Crippen molar-refractivity contribution in [1.29, 1.82) is 5.41 Å². The van der Waals surface area contributed by atoms with Gasteiger partial charge in [-0.3, -0.25) is 15.0 Å². The minimum Gasteiger partial charge on any atom is -0.481 e. The smallest absolute Gasteiger partial charge is 0.320 e. The molecule has 0 aliphatic rings. The van der Waals surface area contributed by atoms with Crippen LogP contribution in [-0.2, 0) is 9.59 Å². The van der Waals surface area contributed by atoms with Crippen LogP contribution in [0.4, 0.5) is 0 Å². The molecule has 0 fully saturated rings. The van der Waals surface area contributed by atoms with Gasteiger partial charge in [0.25, 0.3) is 0 Å². The lowest BCUT2D eigenvalue weighted by Crippen LogP contribution is -2.30. The molecule has 1 unspecified atom stereocenters. The topological polar surface area (TPSA) is 192 Å². The Bertz CT molecular complexity index is 351. The molecule has 19 heavy (non-hydrogen) atoms. The number of aliphatic imine (C=N–C) groups is 1. The van der Waals surface area contributed by atoms with Crippen LogP contribution in [-0.4, -0.2) is 59.1 Å². The Kier molecular flexibility index (Phi) is 9.64. The van der Waals surface area contributed by atoms with Gasteiger partial charge in [0.15, 0.2) is 5.96 Å². The number of carbonyl (C=O) groups is 2. The summed E-state index contributed by atoms with van der Waals surface area (Å²) in [5, 5.41) is 23.3. The van der Waals surface area contributed by atoms with Gasteiger partial charge in [-0.1, -0.05) is 0 Å². The van der Waals surface area contributed by atoms with E-state index in [4.69, 9.17) is 32.8 Å². The number of guanidine groups is 2. The van der Waals surface area contributed by atoms with Crippen molar-refractivity contribution in [3.05, 3.63) is 0 Å². The van der Waals surface area contributed by atoms with Gasteiger partial charge < -0.3 is 32.3 Å². The fraction of sp³-hybridized carbons (Fsp3) is 0.556. The van der Waals surface area contributed by atoms with Crippen molar-refractivity contribution in [3.8, 4) is 0 Å². The summed E-state index contributed by atoms with van der Waals surface area (Å²) in [6.45, 7) is 0. The molecule has 0 heterocycles. The van der Waals surface area contributed by atoms with Crippen molar-refractivity contribution >= 4 is 23.9 Å². The molecule has 0 spiro atoms. The molecule has 0 aromatic rings. The molecule has 0 aromatic carbocycles. The Morgan fingerprint density at radius 1 is 1.32 bits per heavy atom. The summed E-state index contributed by atoms with van der Waals surface area (Å²) in [5.74, 6) is -2.23. The van der Waals surface area contributed by atoms with E-state index in [2.05, 4.69) is 4.99 Å². The molecule has 0 saturated carbocycles. The highest BCUT2D eigenvalue weighted by molar-refractivity contribution is 5.91. The lowest BCUT2D eigenvalue weighted by Gasteiger charge is -2.07. The quantitative estimate of drug-likeness (QED) is 0.251. The molecule has 0 saturated heterocycles. The lowest BCUT2D eigenvalue weighted by atomic mass is 10.2. The number of hydrogen-bond donors (Lipinski definition) is 6. The van der Waals surface area contributed by atoms with E-state index < -0.39 is 18.0 Å². The molecule has 0 aliphatic heterocycles. The number of aliphatic carboxylic acids is 2. The highest BCUT2D eigenvalue weighted by Crippen LogP contribution is 1.93. The van der Waals surface area contributed by atoms with Crippen molar-refractivity contribution in [3.63, 3.8) is 0 Å². The van der Waals surface area contributed by atoms with Crippen LogP contribution in [0.1, 0.15) is 12.8 Å². The Labute approximate surface area is 110 Å². The molecule has 0 bridgehead atoms. The zero-order chi connectivity index (χ0) is 15.6. The normalized spacial score (nSPS) is 10.5. The minimum absolute atomic E-state index is 0.0231. The monoisotopic (exact) mass is 276 g/mol. The van der Waals surface area contributed by atoms with Crippen LogP contribution in [0.3, 0.4) is 0 Å². The van der Waals surface area contributed by atoms with Gasteiger partial charge >= 0.3 is 11.9 Å². The molecule has 0 amide bonds. The number of rotatable bonds is 4. The number of carboxylic acids is 2. The molecule has 0 radical (unpaired) electrons. The SMILES string of the molecule is CN(C)C(=N)N=C(N)N.NC(CCC(=O)O)C(=O)O. The first-order chi connectivity index (χ1) is 8.57. The number of nitrogens with one attached hydrogen (secondary N) is 1. The Hall–Kier alpha value is -2.36. The van der Waals surface area contributed by atoms with Crippen LogP contribution in [0, 0.1) is 5.41 Å². The van der Waals surface area contributed by atoms with Gasteiger partial charge in [0.1, 0.15) is 6.04 Å². The summed E-state index contributed by atoms with van der Waals surface area (Å²) in [6, 6.07) is -1.06. The summed E-state index contributed by atoms with van der Waals surface area (Å²) < 4.78 is 0. The Morgan fingerprint density at radius 2 is 1.79 bits per heavy atom. The predicted molar refractivity (Wildman–Crippen MR) is 69.7 cm³/mol. The van der Waals surface area contributed by atoms with Crippen molar-refractivity contribution in [2.45, 2.75) is 18.9 Å². The second-order valence-corrected chi connectivity index (χ2v) is 3.63. The standard InChI is InChI=1S/C5H9NO4.C4H11N5/c6-3(5(9)10)1-2-4(7)8;1-9(2)4(7)8-3(5)6/h3H,1-2,6H2,(H,7,8)(H,9,10);1-2H3,(H5,5,6,7,8). The number of nitrogens with two attached hydrogens (primary N) is 3. The van der Waals surface area contributed by atoms with Gasteiger partial charge in [0.2, 0.25) is 5.96 Å². The van der Waals surface area contributed by atoms with Crippen LogP contribution in [0.5, 0.6) is 0 Å². The zero-order valence-electron chi connectivity index (χ0n) is 10.8. The summed E-state index contributed by atoms with van der Waals surface area (Å²) in [7, 11) is 3.38. The Morgan fingerprint density at radius 3 is 2.00 bits per heavy atom. The van der Waals surface area contributed by atoms with Crippen molar-refractivity contribution in [1.82, 2.24) is 4.90 Å². The molecule has 0 aromatic heterocycles. The van der Waals surface area contributed by atoms with E-state index >= 15 is 0 Å². The highest BCUT2D eigenvalue weighted by Gasteiger charge is 2.12. The zero-order valence-corrected chi connectivity index (χ0v) is 10.8. The summed E-state index contributed by atoms with van der Waals surface area (Å²) in [5.41, 5.74) is 15.0. The van der Waals surface area contributed by atoms with E-state index in [9.17, 15) is 9.59 Å². The van der Waals surface area contributed by atoms with Gasteiger partial charge in [-0.05, 0) is 6.42 Å². The fourth-order valence-corrected chi connectivity index (χ4v) is 0.625. The van der Waals surface area contributed by atoms with E-state index in [1.807, 2.05) is 0 Å².